The van der Waals surface area contributed by atoms with E-state index in [-0.39, 0.29) is 5.91 Å². The Balaban J connectivity index is 2.20. The third kappa shape index (κ3) is 3.80. The van der Waals surface area contributed by atoms with Gasteiger partial charge in [0.25, 0.3) is 0 Å². The van der Waals surface area contributed by atoms with E-state index in [4.69, 9.17) is 4.74 Å². The fourth-order valence-corrected chi connectivity index (χ4v) is 2.14. The summed E-state index contributed by atoms with van der Waals surface area (Å²) in [6.45, 7) is 2.50. The van der Waals surface area contributed by atoms with Crippen molar-refractivity contribution in [2.45, 2.75) is 13.1 Å². The molecular formula is C15H22N4O2. The van der Waals surface area contributed by atoms with Gasteiger partial charge in [0, 0.05) is 52.1 Å². The molecule has 0 saturated carbocycles. The van der Waals surface area contributed by atoms with Crippen molar-refractivity contribution in [1.82, 2.24) is 19.8 Å². The molecule has 2 aromatic rings. The Bertz CT molecular complexity index is 607. The number of amides is 1. The van der Waals surface area contributed by atoms with Crippen LogP contribution in [0.2, 0.25) is 0 Å². The first-order chi connectivity index (χ1) is 10.1. The number of methoxy groups -OCH3 is 1. The van der Waals surface area contributed by atoms with Crippen LogP contribution >= 0.6 is 0 Å². The molecule has 0 aliphatic carbocycles. The van der Waals surface area contributed by atoms with Crippen LogP contribution in [0.4, 0.5) is 0 Å². The van der Waals surface area contributed by atoms with E-state index in [0.29, 0.717) is 13.2 Å². The predicted octanol–water partition coefficient (Wildman–Crippen LogP) is 0.860. The Morgan fingerprint density at radius 2 is 2.29 bits per heavy atom. The zero-order chi connectivity index (χ0) is 15.2. The van der Waals surface area contributed by atoms with Crippen molar-refractivity contribution in [3.8, 4) is 0 Å². The lowest BCUT2D eigenvalue weighted by molar-refractivity contribution is -0.129. The highest BCUT2D eigenvalue weighted by Crippen LogP contribution is 2.19. The van der Waals surface area contributed by atoms with Gasteiger partial charge in [-0.2, -0.15) is 0 Å². The Hall–Kier alpha value is -1.92. The van der Waals surface area contributed by atoms with Crippen LogP contribution in [0.5, 0.6) is 0 Å². The monoisotopic (exact) mass is 290 g/mol. The quantitative estimate of drug-likeness (QED) is 0.768. The Morgan fingerprint density at radius 1 is 1.48 bits per heavy atom. The van der Waals surface area contributed by atoms with Crippen molar-refractivity contribution in [2.75, 3.05) is 34.4 Å². The van der Waals surface area contributed by atoms with Crippen LogP contribution < -0.4 is 5.32 Å². The van der Waals surface area contributed by atoms with Crippen molar-refractivity contribution in [1.29, 1.82) is 0 Å². The van der Waals surface area contributed by atoms with Crippen molar-refractivity contribution >= 4 is 16.9 Å². The summed E-state index contributed by atoms with van der Waals surface area (Å²) in [6, 6.07) is 3.95. The Kier molecular flexibility index (Phi) is 5.30. The summed E-state index contributed by atoms with van der Waals surface area (Å²) in [7, 11) is 5.20. The summed E-state index contributed by atoms with van der Waals surface area (Å²) in [6.07, 6.45) is 3.75. The van der Waals surface area contributed by atoms with E-state index >= 15 is 0 Å². The van der Waals surface area contributed by atoms with E-state index in [1.165, 1.54) is 0 Å². The zero-order valence-corrected chi connectivity index (χ0v) is 12.8. The third-order valence-electron chi connectivity index (χ3n) is 3.32. The summed E-state index contributed by atoms with van der Waals surface area (Å²) < 4.78 is 6.93. The van der Waals surface area contributed by atoms with Crippen LogP contribution in [0.15, 0.2) is 24.5 Å². The molecular weight excluding hydrogens is 268 g/mol. The first kappa shape index (κ1) is 15.5. The van der Waals surface area contributed by atoms with Crippen LogP contribution in [0.1, 0.15) is 5.56 Å². The molecule has 2 rings (SSSR count). The van der Waals surface area contributed by atoms with E-state index in [0.717, 1.165) is 29.7 Å². The van der Waals surface area contributed by atoms with Gasteiger partial charge in [0.2, 0.25) is 5.91 Å². The second-order valence-corrected chi connectivity index (χ2v) is 5.11. The average Bonchev–Trinajstić information content (AvgIpc) is 2.82. The number of nitrogens with zero attached hydrogens (tertiary/aromatic N) is 3. The summed E-state index contributed by atoms with van der Waals surface area (Å²) in [5.41, 5.74) is 1.98. The molecule has 0 fully saturated rings. The van der Waals surface area contributed by atoms with E-state index < -0.39 is 0 Å². The molecule has 6 nitrogen and oxygen atoms in total. The van der Waals surface area contributed by atoms with Crippen LogP contribution in [0.3, 0.4) is 0 Å². The molecule has 2 heterocycles. The smallest absolute Gasteiger partial charge is 0.242 e. The van der Waals surface area contributed by atoms with E-state index in [1.807, 2.05) is 22.9 Å². The molecule has 0 saturated heterocycles. The maximum absolute atomic E-state index is 11.9. The number of carbonyl (C=O) groups is 1. The lowest BCUT2D eigenvalue weighted by atomic mass is 10.2. The molecule has 6 heteroatoms. The number of nitrogens with one attached hydrogen (secondary N) is 1. The van der Waals surface area contributed by atoms with Crippen LogP contribution in [0, 0.1) is 0 Å². The van der Waals surface area contributed by atoms with Gasteiger partial charge in [0.05, 0.1) is 6.61 Å². The molecule has 0 bridgehead atoms. The summed E-state index contributed by atoms with van der Waals surface area (Å²) in [5.74, 6) is 0.0523. The molecule has 0 atom stereocenters. The normalized spacial score (nSPS) is 11.0. The van der Waals surface area contributed by atoms with Crippen LogP contribution in [-0.4, -0.2) is 54.7 Å². The van der Waals surface area contributed by atoms with Crippen molar-refractivity contribution in [3.63, 3.8) is 0 Å². The topological polar surface area (TPSA) is 59.4 Å². The van der Waals surface area contributed by atoms with E-state index in [1.54, 1.807) is 32.3 Å². The number of fused-ring (bicyclic) bond motifs is 1. The van der Waals surface area contributed by atoms with Crippen LogP contribution in [-0.2, 0) is 22.6 Å². The van der Waals surface area contributed by atoms with Crippen molar-refractivity contribution in [2.24, 2.45) is 0 Å². The van der Waals surface area contributed by atoms with Gasteiger partial charge in [-0.1, -0.05) is 0 Å². The average molecular weight is 290 g/mol. The van der Waals surface area contributed by atoms with Crippen molar-refractivity contribution in [3.05, 3.63) is 30.1 Å². The molecule has 114 valence electrons. The molecule has 0 radical (unpaired) electrons. The predicted molar refractivity (Wildman–Crippen MR) is 82.0 cm³/mol. The van der Waals surface area contributed by atoms with E-state index in [2.05, 4.69) is 10.3 Å². The van der Waals surface area contributed by atoms with Gasteiger partial charge in [-0.3, -0.25) is 4.79 Å². The van der Waals surface area contributed by atoms with E-state index in [9.17, 15) is 4.79 Å². The van der Waals surface area contributed by atoms with Crippen LogP contribution in [0.25, 0.3) is 11.0 Å². The fourth-order valence-electron chi connectivity index (χ4n) is 2.14. The second-order valence-electron chi connectivity index (χ2n) is 5.11. The second kappa shape index (κ2) is 7.19. The van der Waals surface area contributed by atoms with Gasteiger partial charge < -0.3 is 19.5 Å². The number of ether oxygens (including phenoxy) is 1. The van der Waals surface area contributed by atoms with Gasteiger partial charge in [-0.25, -0.2) is 4.98 Å². The van der Waals surface area contributed by atoms with Gasteiger partial charge in [0.1, 0.15) is 12.2 Å². The Morgan fingerprint density at radius 3 is 3.00 bits per heavy atom. The first-order valence-electron chi connectivity index (χ1n) is 6.96. The Labute approximate surface area is 124 Å². The largest absolute Gasteiger partial charge is 0.383 e. The lowest BCUT2D eigenvalue weighted by Gasteiger charge is -2.11. The highest BCUT2D eigenvalue weighted by molar-refractivity contribution is 5.83. The van der Waals surface area contributed by atoms with Gasteiger partial charge >= 0.3 is 0 Å². The number of aromatic nitrogens is 2. The lowest BCUT2D eigenvalue weighted by Crippen LogP contribution is -2.26. The SMILES string of the molecule is COCCNCc1cn(CC(=O)N(C)C)c2ncccc12. The maximum atomic E-state index is 11.9. The third-order valence-corrected chi connectivity index (χ3v) is 3.32. The van der Waals surface area contributed by atoms with Gasteiger partial charge in [-0.05, 0) is 17.7 Å². The number of hydrogen-bond acceptors (Lipinski definition) is 4. The van der Waals surface area contributed by atoms with Gasteiger partial charge in [0.15, 0.2) is 0 Å². The number of hydrogen-bond donors (Lipinski definition) is 1. The summed E-state index contributed by atoms with van der Waals surface area (Å²) >= 11 is 0. The van der Waals surface area contributed by atoms with Crippen molar-refractivity contribution < 1.29 is 9.53 Å². The highest BCUT2D eigenvalue weighted by Gasteiger charge is 2.12. The van der Waals surface area contributed by atoms with Gasteiger partial charge in [-0.15, -0.1) is 0 Å². The number of carbonyl (C=O) groups excluding carboxylic acids is 1. The summed E-state index contributed by atoms with van der Waals surface area (Å²) in [5, 5.41) is 4.40. The highest BCUT2D eigenvalue weighted by atomic mass is 16.5. The maximum Gasteiger partial charge on any atom is 0.242 e. The number of rotatable bonds is 7. The molecule has 0 spiro atoms. The molecule has 0 unspecified atom stereocenters. The molecule has 1 N–H and O–H groups in total. The molecule has 21 heavy (non-hydrogen) atoms. The number of likely N-dealkylation sites (N-methyl/N-ethyl adjacent to an activating group) is 1. The molecule has 2 aromatic heterocycles. The summed E-state index contributed by atoms with van der Waals surface area (Å²) in [4.78, 5) is 17.9. The minimum atomic E-state index is 0.0523. The molecule has 1 amide bonds. The minimum Gasteiger partial charge on any atom is -0.383 e. The number of pyridine rings is 1. The molecule has 0 aliphatic heterocycles. The fraction of sp³-hybridized carbons (Fsp3) is 0.467. The molecule has 0 aliphatic rings. The standard InChI is InChI=1S/C15H22N4O2/c1-18(2)14(20)11-19-10-12(9-16-7-8-21-3)13-5-4-6-17-15(13)19/h4-6,10,16H,7-9,11H2,1-3H3. The zero-order valence-electron chi connectivity index (χ0n) is 12.8. The molecule has 0 aromatic carbocycles. The minimum absolute atomic E-state index is 0.0523. The first-order valence-corrected chi connectivity index (χ1v) is 6.96.